The van der Waals surface area contributed by atoms with Gasteiger partial charge in [0.05, 0.1) is 11.3 Å². The van der Waals surface area contributed by atoms with Gasteiger partial charge in [0, 0.05) is 38.3 Å². The molecule has 5 aromatic rings. The number of nitrogens with one attached hydrogen (secondary N) is 1. The van der Waals surface area contributed by atoms with Gasteiger partial charge in [0.15, 0.2) is 5.58 Å². The monoisotopic (exact) mass is 512 g/mol. The Labute approximate surface area is 222 Å². The molecular weight excluding hydrogens is 484 g/mol. The second-order valence-electron chi connectivity index (χ2n) is 9.46. The van der Waals surface area contributed by atoms with Crippen molar-refractivity contribution >= 4 is 45.9 Å². The summed E-state index contributed by atoms with van der Waals surface area (Å²) in [4.78, 5) is 22.7. The predicted molar refractivity (Wildman–Crippen MR) is 151 cm³/mol. The number of oxazole rings is 1. The van der Waals surface area contributed by atoms with Gasteiger partial charge in [-0.05, 0) is 59.8 Å². The maximum Gasteiger partial charge on any atom is 0.255 e. The van der Waals surface area contributed by atoms with Crippen LogP contribution in [0.4, 0.5) is 5.69 Å². The summed E-state index contributed by atoms with van der Waals surface area (Å²) >= 11 is 0. The number of piperazine rings is 1. The molecule has 1 N–H and O–H groups in total. The average Bonchev–Trinajstić information content (AvgIpc) is 3.33. The van der Waals surface area contributed by atoms with E-state index in [-0.39, 0.29) is 18.3 Å². The van der Waals surface area contributed by atoms with Crippen LogP contribution >= 0.6 is 12.4 Å². The first kappa shape index (κ1) is 25.0. The van der Waals surface area contributed by atoms with Crippen LogP contribution in [0.3, 0.4) is 0 Å². The number of carbonyl (C=O) groups is 1. The number of anilines is 1. The van der Waals surface area contributed by atoms with Crippen LogP contribution in [0.25, 0.3) is 33.3 Å². The molecule has 0 spiro atoms. The maximum atomic E-state index is 13.1. The highest BCUT2D eigenvalue weighted by Crippen LogP contribution is 2.31. The smallest absolute Gasteiger partial charge is 0.255 e. The lowest BCUT2D eigenvalue weighted by Crippen LogP contribution is -2.43. The van der Waals surface area contributed by atoms with Crippen LogP contribution in [0.5, 0.6) is 0 Å². The second-order valence-corrected chi connectivity index (χ2v) is 9.46. The van der Waals surface area contributed by atoms with Crippen LogP contribution in [0.15, 0.2) is 89.3 Å². The third kappa shape index (κ3) is 5.37. The Balaban J connectivity index is 0.00000280. The number of amides is 1. The van der Waals surface area contributed by atoms with Crippen molar-refractivity contribution in [3.05, 3.63) is 96.1 Å². The molecule has 0 atom stereocenters. The van der Waals surface area contributed by atoms with Crippen LogP contribution in [0.1, 0.15) is 15.9 Å². The van der Waals surface area contributed by atoms with Gasteiger partial charge in [-0.15, -0.1) is 12.4 Å². The third-order valence-electron chi connectivity index (χ3n) is 6.87. The van der Waals surface area contributed by atoms with E-state index in [1.165, 1.54) is 5.56 Å². The van der Waals surface area contributed by atoms with Gasteiger partial charge in [0.2, 0.25) is 5.89 Å². The number of para-hydroxylation sites is 1. The molecule has 1 fully saturated rings. The van der Waals surface area contributed by atoms with Crippen molar-refractivity contribution in [1.82, 2.24) is 14.8 Å². The highest BCUT2D eigenvalue weighted by Gasteiger charge is 2.17. The van der Waals surface area contributed by atoms with Crippen LogP contribution in [-0.4, -0.2) is 53.9 Å². The van der Waals surface area contributed by atoms with Gasteiger partial charge < -0.3 is 14.6 Å². The molecule has 0 unspecified atom stereocenters. The minimum absolute atomic E-state index is 0. The quantitative estimate of drug-likeness (QED) is 0.310. The summed E-state index contributed by atoms with van der Waals surface area (Å²) in [5.41, 5.74) is 4.82. The van der Waals surface area contributed by atoms with E-state index in [9.17, 15) is 4.79 Å². The van der Waals surface area contributed by atoms with E-state index in [0.717, 1.165) is 60.2 Å². The zero-order chi connectivity index (χ0) is 24.5. The zero-order valence-corrected chi connectivity index (χ0v) is 21.5. The van der Waals surface area contributed by atoms with E-state index in [4.69, 9.17) is 9.40 Å². The van der Waals surface area contributed by atoms with Gasteiger partial charge in [-0.1, -0.05) is 48.5 Å². The van der Waals surface area contributed by atoms with Gasteiger partial charge in [0.25, 0.3) is 5.91 Å². The Kier molecular flexibility index (Phi) is 7.24. The van der Waals surface area contributed by atoms with Crippen LogP contribution in [0, 0.1) is 0 Å². The SMILES string of the molecule is CN1CCN(Cc2ccc3oc(-c4ccccc4NC(=O)c4ccc5ccccc5c4)nc3c2)CC1.Cl. The highest BCUT2D eigenvalue weighted by molar-refractivity contribution is 6.08. The number of aromatic nitrogens is 1. The number of halogens is 1. The summed E-state index contributed by atoms with van der Waals surface area (Å²) < 4.78 is 6.12. The van der Waals surface area contributed by atoms with E-state index in [1.54, 1.807) is 0 Å². The predicted octanol–water partition coefficient (Wildman–Crippen LogP) is 6.07. The van der Waals surface area contributed by atoms with Crippen LogP contribution in [0.2, 0.25) is 0 Å². The lowest BCUT2D eigenvalue weighted by molar-refractivity contribution is 0.102. The van der Waals surface area contributed by atoms with E-state index in [1.807, 2.05) is 72.8 Å². The Hall–Kier alpha value is -3.71. The lowest BCUT2D eigenvalue weighted by Gasteiger charge is -2.32. The fraction of sp³-hybridized carbons (Fsp3) is 0.200. The molecule has 1 aromatic heterocycles. The van der Waals surface area contributed by atoms with Crippen molar-refractivity contribution in [2.45, 2.75) is 6.54 Å². The van der Waals surface area contributed by atoms with Crippen molar-refractivity contribution in [3.63, 3.8) is 0 Å². The maximum absolute atomic E-state index is 13.1. The van der Waals surface area contributed by atoms with E-state index in [2.05, 4.69) is 34.3 Å². The lowest BCUT2D eigenvalue weighted by atomic mass is 10.1. The molecule has 188 valence electrons. The standard InChI is InChI=1S/C30H28N4O2.ClH/c1-33-14-16-34(17-15-33)20-21-10-13-28-27(18-21)32-30(36-28)25-8-4-5-9-26(25)31-29(35)24-12-11-22-6-2-3-7-23(22)19-24;/h2-13,18-19H,14-17,20H2,1H3,(H,31,35);1H. The fourth-order valence-electron chi connectivity index (χ4n) is 4.75. The molecule has 1 aliphatic rings. The molecule has 0 bridgehead atoms. The molecule has 0 saturated carbocycles. The number of carbonyl (C=O) groups excluding carboxylic acids is 1. The molecule has 1 saturated heterocycles. The summed E-state index contributed by atoms with van der Waals surface area (Å²) in [6.07, 6.45) is 0. The van der Waals surface area contributed by atoms with Crippen molar-refractivity contribution in [2.24, 2.45) is 0 Å². The number of rotatable bonds is 5. The summed E-state index contributed by atoms with van der Waals surface area (Å²) in [5, 5.41) is 5.19. The Morgan fingerprint density at radius 2 is 1.65 bits per heavy atom. The van der Waals surface area contributed by atoms with Gasteiger partial charge in [-0.2, -0.15) is 0 Å². The molecule has 2 heterocycles. The molecule has 1 aliphatic heterocycles. The molecule has 0 aliphatic carbocycles. The molecule has 1 amide bonds. The molecule has 37 heavy (non-hydrogen) atoms. The minimum Gasteiger partial charge on any atom is -0.436 e. The normalized spacial score (nSPS) is 14.5. The number of likely N-dealkylation sites (N-methyl/N-ethyl adjacent to an activating group) is 1. The number of nitrogens with zero attached hydrogens (tertiary/aromatic N) is 3. The zero-order valence-electron chi connectivity index (χ0n) is 20.7. The van der Waals surface area contributed by atoms with Gasteiger partial charge in [-0.3, -0.25) is 9.69 Å². The highest BCUT2D eigenvalue weighted by atomic mass is 35.5. The van der Waals surface area contributed by atoms with Gasteiger partial charge in [0.1, 0.15) is 5.52 Å². The first-order valence-corrected chi connectivity index (χ1v) is 12.3. The van der Waals surface area contributed by atoms with Crippen molar-refractivity contribution in [2.75, 3.05) is 38.5 Å². The van der Waals surface area contributed by atoms with Gasteiger partial charge in [-0.25, -0.2) is 4.98 Å². The largest absolute Gasteiger partial charge is 0.436 e. The molecule has 0 radical (unpaired) electrons. The van der Waals surface area contributed by atoms with Crippen LogP contribution in [-0.2, 0) is 6.54 Å². The van der Waals surface area contributed by atoms with Crippen molar-refractivity contribution in [3.8, 4) is 11.5 Å². The van der Waals surface area contributed by atoms with E-state index >= 15 is 0 Å². The van der Waals surface area contributed by atoms with Crippen molar-refractivity contribution in [1.29, 1.82) is 0 Å². The Morgan fingerprint density at radius 1 is 0.892 bits per heavy atom. The van der Waals surface area contributed by atoms with Crippen molar-refractivity contribution < 1.29 is 9.21 Å². The summed E-state index contributed by atoms with van der Waals surface area (Å²) in [5.74, 6) is 0.329. The molecular formula is C30H29ClN4O2. The van der Waals surface area contributed by atoms with Gasteiger partial charge >= 0.3 is 0 Å². The number of fused-ring (bicyclic) bond motifs is 2. The van der Waals surface area contributed by atoms with E-state index < -0.39 is 0 Å². The molecule has 6 rings (SSSR count). The topological polar surface area (TPSA) is 61.6 Å². The number of hydrogen-bond acceptors (Lipinski definition) is 5. The molecule has 6 nitrogen and oxygen atoms in total. The first-order valence-electron chi connectivity index (χ1n) is 12.3. The Bertz CT molecular complexity index is 1560. The van der Waals surface area contributed by atoms with Crippen LogP contribution < -0.4 is 5.32 Å². The number of hydrogen-bond donors (Lipinski definition) is 1. The second kappa shape index (κ2) is 10.7. The Morgan fingerprint density at radius 3 is 2.49 bits per heavy atom. The summed E-state index contributed by atoms with van der Waals surface area (Å²) in [6.45, 7) is 5.24. The summed E-state index contributed by atoms with van der Waals surface area (Å²) in [6, 6.07) is 27.6. The number of benzene rings is 4. The third-order valence-corrected chi connectivity index (χ3v) is 6.87. The fourth-order valence-corrected chi connectivity index (χ4v) is 4.75. The molecule has 4 aromatic carbocycles. The summed E-state index contributed by atoms with van der Waals surface area (Å²) in [7, 11) is 2.17. The average molecular weight is 513 g/mol. The molecule has 7 heteroatoms. The first-order chi connectivity index (χ1) is 17.6. The minimum atomic E-state index is -0.168. The van der Waals surface area contributed by atoms with E-state index in [0.29, 0.717) is 17.1 Å².